The summed E-state index contributed by atoms with van der Waals surface area (Å²) in [5.74, 6) is 1.20. The van der Waals surface area contributed by atoms with E-state index in [1.165, 1.54) is 33.1 Å². The fourth-order valence-corrected chi connectivity index (χ4v) is 8.39. The van der Waals surface area contributed by atoms with Crippen LogP contribution in [0.3, 0.4) is 0 Å². The predicted molar refractivity (Wildman–Crippen MR) is 124 cm³/mol. The van der Waals surface area contributed by atoms with Gasteiger partial charge in [-0.15, -0.1) is 0 Å². The fourth-order valence-electron chi connectivity index (χ4n) is 6.43. The molecule has 4 atom stereocenters. The molecule has 1 aromatic rings. The number of carbonyl (C=O) groups is 1. The van der Waals surface area contributed by atoms with Gasteiger partial charge in [0.1, 0.15) is 11.5 Å². The number of rotatable bonds is 7. The van der Waals surface area contributed by atoms with Crippen LogP contribution in [-0.2, 0) is 19.4 Å². The molecular formula is C25H38O6S. The zero-order valence-corrected chi connectivity index (χ0v) is 21.1. The largest absolute Gasteiger partial charge is 0.497 e. The molecule has 2 fully saturated rings. The van der Waals surface area contributed by atoms with Crippen LogP contribution >= 0.6 is 0 Å². The van der Waals surface area contributed by atoms with Gasteiger partial charge in [-0.3, -0.25) is 0 Å². The van der Waals surface area contributed by atoms with E-state index in [2.05, 4.69) is 32.4 Å². The second kappa shape index (κ2) is 9.24. The van der Waals surface area contributed by atoms with Crippen LogP contribution in [-0.4, -0.2) is 41.0 Å². The van der Waals surface area contributed by atoms with Crippen molar-refractivity contribution in [3.63, 3.8) is 0 Å². The van der Waals surface area contributed by atoms with E-state index in [-0.39, 0.29) is 39.8 Å². The Balaban J connectivity index is 1.91. The number of carbonyl (C=O) groups excluding carboxylic acids is 1. The summed E-state index contributed by atoms with van der Waals surface area (Å²) >= 11 is 0. The molecule has 1 aromatic carbocycles. The third-order valence-corrected chi connectivity index (χ3v) is 9.90. The summed E-state index contributed by atoms with van der Waals surface area (Å²) in [6.07, 6.45) is 5.67. The Kier molecular flexibility index (Phi) is 7.18. The van der Waals surface area contributed by atoms with Crippen molar-refractivity contribution in [1.82, 2.24) is 0 Å². The van der Waals surface area contributed by atoms with Gasteiger partial charge in [0.25, 0.3) is 0 Å². The third kappa shape index (κ3) is 4.92. The Hall–Kier alpha value is -1.76. The molecular weight excluding hydrogens is 428 g/mol. The first kappa shape index (κ1) is 24.9. The number of fused-ring (bicyclic) bond motifs is 1. The highest BCUT2D eigenvalue weighted by molar-refractivity contribution is 7.91. The Morgan fingerprint density at radius 3 is 2.41 bits per heavy atom. The molecule has 0 aliphatic heterocycles. The van der Waals surface area contributed by atoms with E-state index in [0.717, 1.165) is 19.3 Å². The van der Waals surface area contributed by atoms with Crippen LogP contribution in [0.2, 0.25) is 0 Å². The van der Waals surface area contributed by atoms with Crippen LogP contribution in [0.4, 0.5) is 0 Å². The zero-order valence-electron chi connectivity index (χ0n) is 20.3. The second-order valence-corrected chi connectivity index (χ2v) is 12.6. The van der Waals surface area contributed by atoms with Gasteiger partial charge in [0.2, 0.25) is 0 Å². The lowest BCUT2D eigenvalue weighted by Crippen LogP contribution is -2.52. The number of sulfone groups is 1. The number of hydrogen-bond donors (Lipinski definition) is 0. The second-order valence-electron chi connectivity index (χ2n) is 10.6. The van der Waals surface area contributed by atoms with Crippen molar-refractivity contribution in [2.75, 3.05) is 26.6 Å². The van der Waals surface area contributed by atoms with E-state index in [1.807, 2.05) is 0 Å². The molecule has 2 aliphatic carbocycles. The Morgan fingerprint density at radius 1 is 1.06 bits per heavy atom. The van der Waals surface area contributed by atoms with E-state index in [0.29, 0.717) is 17.6 Å². The standard InChI is InChI=1S/C25H38O6S/c1-17-8-9-22-24(2,3)10-7-11-25(22,4)21(17)16-32(27,28)20-13-18(29-5)12-19(14-20)31-15-23(26)30-6/h12-14,17,21-22H,7-11,15-16H2,1-6H3/t17-,21-,22?,25+/m0/s1. The van der Waals surface area contributed by atoms with Gasteiger partial charge in [0.15, 0.2) is 16.4 Å². The van der Waals surface area contributed by atoms with Gasteiger partial charge >= 0.3 is 5.97 Å². The van der Waals surface area contributed by atoms with Crippen molar-refractivity contribution in [1.29, 1.82) is 0 Å². The quantitative estimate of drug-likeness (QED) is 0.532. The Bertz CT molecular complexity index is 938. The summed E-state index contributed by atoms with van der Waals surface area (Å²) in [4.78, 5) is 11.6. The normalized spacial score (nSPS) is 29.6. The highest BCUT2D eigenvalue weighted by atomic mass is 32.2. The maximum atomic E-state index is 13.6. The Labute approximate surface area is 192 Å². The Morgan fingerprint density at radius 2 is 1.75 bits per heavy atom. The number of methoxy groups -OCH3 is 2. The van der Waals surface area contributed by atoms with E-state index >= 15 is 0 Å². The van der Waals surface area contributed by atoms with Crippen molar-refractivity contribution in [2.45, 2.75) is 64.7 Å². The van der Waals surface area contributed by atoms with Crippen LogP contribution in [0.5, 0.6) is 11.5 Å². The minimum absolute atomic E-state index is 0.00949. The van der Waals surface area contributed by atoms with Gasteiger partial charge in [0, 0.05) is 6.07 Å². The molecule has 0 bridgehead atoms. The summed E-state index contributed by atoms with van der Waals surface area (Å²) in [5.41, 5.74) is 0.246. The van der Waals surface area contributed by atoms with Crippen molar-refractivity contribution in [2.24, 2.45) is 28.6 Å². The minimum atomic E-state index is -3.59. The lowest BCUT2D eigenvalue weighted by atomic mass is 9.47. The van der Waals surface area contributed by atoms with E-state index < -0.39 is 15.8 Å². The van der Waals surface area contributed by atoms with Crippen molar-refractivity contribution >= 4 is 15.8 Å². The molecule has 0 radical (unpaired) electrons. The van der Waals surface area contributed by atoms with Crippen molar-refractivity contribution < 1.29 is 27.4 Å². The molecule has 0 N–H and O–H groups in total. The number of benzene rings is 1. The fraction of sp³-hybridized carbons (Fsp3) is 0.720. The van der Waals surface area contributed by atoms with Crippen LogP contribution < -0.4 is 9.47 Å². The first-order chi connectivity index (χ1) is 14.9. The van der Waals surface area contributed by atoms with Gasteiger partial charge < -0.3 is 14.2 Å². The van der Waals surface area contributed by atoms with E-state index in [4.69, 9.17) is 9.47 Å². The first-order valence-corrected chi connectivity index (χ1v) is 13.2. The lowest BCUT2D eigenvalue weighted by molar-refractivity contribution is -0.142. The summed E-state index contributed by atoms with van der Waals surface area (Å²) in [5, 5.41) is 0. The smallest absolute Gasteiger partial charge is 0.343 e. The van der Waals surface area contributed by atoms with Gasteiger partial charge in [0.05, 0.1) is 24.9 Å². The maximum absolute atomic E-state index is 13.6. The lowest BCUT2D eigenvalue weighted by Gasteiger charge is -2.59. The molecule has 32 heavy (non-hydrogen) atoms. The van der Waals surface area contributed by atoms with Crippen molar-refractivity contribution in [3.05, 3.63) is 18.2 Å². The average Bonchev–Trinajstić information content (AvgIpc) is 2.73. The number of hydrogen-bond acceptors (Lipinski definition) is 6. The van der Waals surface area contributed by atoms with Gasteiger partial charge in [-0.1, -0.05) is 40.5 Å². The molecule has 0 heterocycles. The highest BCUT2D eigenvalue weighted by Crippen LogP contribution is 2.61. The zero-order chi connectivity index (χ0) is 23.7. The summed E-state index contributed by atoms with van der Waals surface area (Å²) in [6.45, 7) is 8.94. The highest BCUT2D eigenvalue weighted by Gasteiger charge is 2.54. The molecule has 0 saturated heterocycles. The topological polar surface area (TPSA) is 78.9 Å². The number of esters is 1. The third-order valence-electron chi connectivity index (χ3n) is 8.15. The minimum Gasteiger partial charge on any atom is -0.497 e. The summed E-state index contributed by atoms with van der Waals surface area (Å²) in [7, 11) is -0.837. The molecule has 7 heteroatoms. The summed E-state index contributed by atoms with van der Waals surface area (Å²) < 4.78 is 42.6. The maximum Gasteiger partial charge on any atom is 0.343 e. The van der Waals surface area contributed by atoms with Crippen LogP contribution in [0.1, 0.15) is 59.8 Å². The van der Waals surface area contributed by atoms with E-state index in [9.17, 15) is 13.2 Å². The molecule has 0 spiro atoms. The van der Waals surface area contributed by atoms with Gasteiger partial charge in [-0.05, 0) is 60.0 Å². The molecule has 180 valence electrons. The van der Waals surface area contributed by atoms with Gasteiger partial charge in [-0.25, -0.2) is 13.2 Å². The van der Waals surface area contributed by atoms with Crippen LogP contribution in [0, 0.1) is 28.6 Å². The molecule has 1 unspecified atom stereocenters. The molecule has 3 rings (SSSR count). The van der Waals surface area contributed by atoms with Crippen LogP contribution in [0.25, 0.3) is 0 Å². The van der Waals surface area contributed by atoms with Crippen LogP contribution in [0.15, 0.2) is 23.1 Å². The molecule has 0 amide bonds. The number of ether oxygens (including phenoxy) is 3. The molecule has 2 saturated carbocycles. The molecule has 6 nitrogen and oxygen atoms in total. The van der Waals surface area contributed by atoms with Gasteiger partial charge in [-0.2, -0.15) is 0 Å². The molecule has 0 aromatic heterocycles. The van der Waals surface area contributed by atoms with Crippen molar-refractivity contribution in [3.8, 4) is 11.5 Å². The predicted octanol–water partition coefficient (Wildman–Crippen LogP) is 4.90. The summed E-state index contributed by atoms with van der Waals surface area (Å²) in [6, 6.07) is 4.60. The first-order valence-electron chi connectivity index (χ1n) is 11.5. The average molecular weight is 467 g/mol. The molecule has 2 aliphatic rings. The van der Waals surface area contributed by atoms with E-state index in [1.54, 1.807) is 12.1 Å². The SMILES string of the molecule is COC(=O)COc1cc(OC)cc(S(=O)(=O)C[C@H]2[C@@H](C)CCC3C(C)(C)CCC[C@@]32C)c1. The monoisotopic (exact) mass is 466 g/mol.